The van der Waals surface area contributed by atoms with E-state index in [1.165, 1.54) is 11.3 Å². The Morgan fingerprint density at radius 3 is 2.81 bits per heavy atom. The molecule has 2 aromatic heterocycles. The molecule has 0 radical (unpaired) electrons. The zero-order valence-corrected chi connectivity index (χ0v) is 10.1. The number of halogens is 1. The molecule has 0 unspecified atom stereocenters. The summed E-state index contributed by atoms with van der Waals surface area (Å²) < 4.78 is 0.887. The van der Waals surface area contributed by atoms with Crippen molar-refractivity contribution in [3.05, 3.63) is 38.0 Å². The van der Waals surface area contributed by atoms with Crippen LogP contribution in [-0.2, 0) is 0 Å². The van der Waals surface area contributed by atoms with E-state index < -0.39 is 11.5 Å². The zero-order valence-electron chi connectivity index (χ0n) is 7.73. The molecule has 0 aliphatic carbocycles. The summed E-state index contributed by atoms with van der Waals surface area (Å²) in [5, 5.41) is 10.5. The number of rotatable bonds is 2. The number of hydrogen-bond donors (Lipinski definition) is 2. The fraction of sp³-hybridized carbons (Fsp3) is 0. The van der Waals surface area contributed by atoms with Crippen LogP contribution in [0.4, 0.5) is 0 Å². The normalized spacial score (nSPS) is 10.3. The van der Waals surface area contributed by atoms with Crippen LogP contribution in [0.15, 0.2) is 26.9 Å². The van der Waals surface area contributed by atoms with Gasteiger partial charge in [0.25, 0.3) is 5.56 Å². The molecule has 2 N–H and O–H groups in total. The fourth-order valence-corrected chi connectivity index (χ4v) is 2.49. The number of aromatic amines is 1. The third-order valence-electron chi connectivity index (χ3n) is 1.83. The first-order valence-corrected chi connectivity index (χ1v) is 5.82. The predicted octanol–water partition coefficient (Wildman–Crippen LogP) is 1.96. The van der Waals surface area contributed by atoms with Gasteiger partial charge in [0.1, 0.15) is 11.4 Å². The number of carboxylic acid groups (broad SMARTS) is 1. The fourth-order valence-electron chi connectivity index (χ4n) is 1.11. The Bertz CT molecular complexity index is 605. The molecule has 5 nitrogen and oxygen atoms in total. The van der Waals surface area contributed by atoms with Gasteiger partial charge in [-0.15, -0.1) is 11.3 Å². The van der Waals surface area contributed by atoms with Crippen molar-refractivity contribution in [2.45, 2.75) is 0 Å². The van der Waals surface area contributed by atoms with Crippen molar-refractivity contribution >= 4 is 33.2 Å². The van der Waals surface area contributed by atoms with Gasteiger partial charge in [-0.05, 0) is 22.0 Å². The lowest BCUT2D eigenvalue weighted by molar-refractivity contribution is 0.0694. The molecule has 0 aliphatic heterocycles. The highest BCUT2D eigenvalue weighted by molar-refractivity contribution is 9.10. The van der Waals surface area contributed by atoms with Gasteiger partial charge in [-0.3, -0.25) is 4.79 Å². The molecule has 0 atom stereocenters. The van der Waals surface area contributed by atoms with Gasteiger partial charge in [-0.25, -0.2) is 9.78 Å². The second kappa shape index (κ2) is 4.18. The second-order valence-electron chi connectivity index (χ2n) is 2.91. The van der Waals surface area contributed by atoms with Crippen LogP contribution in [0, 0.1) is 0 Å². The van der Waals surface area contributed by atoms with E-state index in [-0.39, 0.29) is 5.56 Å². The third kappa shape index (κ3) is 2.05. The lowest BCUT2D eigenvalue weighted by atomic mass is 10.3. The molecular weight excluding hydrogens is 296 g/mol. The number of carboxylic acids is 1. The Labute approximate surface area is 102 Å². The first-order valence-electron chi connectivity index (χ1n) is 4.15. The number of nitrogens with zero attached hydrogens (tertiary/aromatic N) is 1. The first-order chi connectivity index (χ1) is 7.58. The quantitative estimate of drug-likeness (QED) is 0.888. The van der Waals surface area contributed by atoms with Crippen molar-refractivity contribution in [1.82, 2.24) is 9.97 Å². The molecule has 2 heterocycles. The monoisotopic (exact) mass is 300 g/mol. The summed E-state index contributed by atoms with van der Waals surface area (Å²) in [6.07, 6.45) is 1.06. The molecule has 82 valence electrons. The SMILES string of the molecule is O=C(O)c1cnc(-c2cc(Br)cs2)[nH]c1=O. The van der Waals surface area contributed by atoms with E-state index in [2.05, 4.69) is 25.9 Å². The number of nitrogens with one attached hydrogen (secondary N) is 1. The lowest BCUT2D eigenvalue weighted by Gasteiger charge is -1.97. The van der Waals surface area contributed by atoms with Crippen molar-refractivity contribution in [3.63, 3.8) is 0 Å². The number of carbonyl (C=O) groups is 1. The van der Waals surface area contributed by atoms with E-state index in [9.17, 15) is 9.59 Å². The predicted molar refractivity (Wildman–Crippen MR) is 62.8 cm³/mol. The summed E-state index contributed by atoms with van der Waals surface area (Å²) in [5.74, 6) is -0.918. The van der Waals surface area contributed by atoms with Crippen molar-refractivity contribution in [2.75, 3.05) is 0 Å². The van der Waals surface area contributed by atoms with Crippen LogP contribution in [0.25, 0.3) is 10.7 Å². The number of aromatic nitrogens is 2. The Morgan fingerprint density at radius 2 is 2.31 bits per heavy atom. The van der Waals surface area contributed by atoms with Crippen molar-refractivity contribution < 1.29 is 9.90 Å². The van der Waals surface area contributed by atoms with Gasteiger partial charge in [0.05, 0.1) is 4.88 Å². The van der Waals surface area contributed by atoms with Crippen LogP contribution in [0.3, 0.4) is 0 Å². The van der Waals surface area contributed by atoms with E-state index in [1.54, 1.807) is 6.07 Å². The van der Waals surface area contributed by atoms with Gasteiger partial charge in [0, 0.05) is 16.0 Å². The van der Waals surface area contributed by atoms with Crippen LogP contribution < -0.4 is 5.56 Å². The average molecular weight is 301 g/mol. The maximum absolute atomic E-state index is 11.4. The Hall–Kier alpha value is -1.47. The molecule has 2 rings (SSSR count). The molecule has 16 heavy (non-hydrogen) atoms. The number of thiophene rings is 1. The zero-order chi connectivity index (χ0) is 11.7. The van der Waals surface area contributed by atoms with Crippen LogP contribution in [0.1, 0.15) is 10.4 Å². The maximum Gasteiger partial charge on any atom is 0.342 e. The Morgan fingerprint density at radius 1 is 1.56 bits per heavy atom. The van der Waals surface area contributed by atoms with Crippen molar-refractivity contribution in [3.8, 4) is 10.7 Å². The van der Waals surface area contributed by atoms with E-state index >= 15 is 0 Å². The lowest BCUT2D eigenvalue weighted by Crippen LogP contribution is -2.18. The minimum absolute atomic E-state index is 0.362. The van der Waals surface area contributed by atoms with Gasteiger partial charge in [0.2, 0.25) is 0 Å². The van der Waals surface area contributed by atoms with Gasteiger partial charge >= 0.3 is 5.97 Å². The highest BCUT2D eigenvalue weighted by Crippen LogP contribution is 2.26. The minimum Gasteiger partial charge on any atom is -0.477 e. The Kier molecular flexibility index (Phi) is 2.88. The summed E-state index contributed by atoms with van der Waals surface area (Å²) in [7, 11) is 0. The van der Waals surface area contributed by atoms with Gasteiger partial charge in [0.15, 0.2) is 0 Å². The highest BCUT2D eigenvalue weighted by atomic mass is 79.9. The van der Waals surface area contributed by atoms with E-state index in [0.717, 1.165) is 15.5 Å². The molecular formula is C9H5BrN2O3S. The van der Waals surface area contributed by atoms with Crippen LogP contribution in [0.5, 0.6) is 0 Å². The maximum atomic E-state index is 11.4. The van der Waals surface area contributed by atoms with Gasteiger partial charge in [-0.2, -0.15) is 0 Å². The second-order valence-corrected chi connectivity index (χ2v) is 4.74. The van der Waals surface area contributed by atoms with Gasteiger partial charge < -0.3 is 10.1 Å². The molecule has 2 aromatic rings. The van der Waals surface area contributed by atoms with Crippen LogP contribution >= 0.6 is 27.3 Å². The van der Waals surface area contributed by atoms with E-state index in [4.69, 9.17) is 5.11 Å². The largest absolute Gasteiger partial charge is 0.477 e. The highest BCUT2D eigenvalue weighted by Gasteiger charge is 2.11. The first kappa shape index (κ1) is 11.0. The van der Waals surface area contributed by atoms with Crippen LogP contribution in [0.2, 0.25) is 0 Å². The van der Waals surface area contributed by atoms with Crippen molar-refractivity contribution in [1.29, 1.82) is 0 Å². The number of aromatic carboxylic acids is 1. The molecule has 0 bridgehead atoms. The molecule has 0 amide bonds. The minimum atomic E-state index is -1.28. The van der Waals surface area contributed by atoms with Gasteiger partial charge in [-0.1, -0.05) is 0 Å². The summed E-state index contributed by atoms with van der Waals surface area (Å²) in [4.78, 5) is 29.1. The Balaban J connectivity index is 2.50. The third-order valence-corrected chi connectivity index (χ3v) is 3.53. The average Bonchev–Trinajstić information content (AvgIpc) is 2.64. The summed E-state index contributed by atoms with van der Waals surface area (Å²) in [5.41, 5.74) is -1.01. The molecule has 0 fully saturated rings. The summed E-state index contributed by atoms with van der Waals surface area (Å²) >= 11 is 4.68. The van der Waals surface area contributed by atoms with Crippen LogP contribution in [-0.4, -0.2) is 21.0 Å². The smallest absolute Gasteiger partial charge is 0.342 e. The van der Waals surface area contributed by atoms with E-state index in [0.29, 0.717) is 5.82 Å². The van der Waals surface area contributed by atoms with Crippen molar-refractivity contribution in [2.24, 2.45) is 0 Å². The standard InChI is InChI=1S/C9H5BrN2O3S/c10-4-1-6(16-3-4)7-11-2-5(9(14)15)8(13)12-7/h1-3H,(H,14,15)(H,11,12,13). The molecule has 0 aromatic carbocycles. The molecule has 0 saturated carbocycles. The topological polar surface area (TPSA) is 83.0 Å². The summed E-state index contributed by atoms with van der Waals surface area (Å²) in [6.45, 7) is 0. The van der Waals surface area contributed by atoms with E-state index in [1.807, 2.05) is 5.38 Å². The number of hydrogen-bond acceptors (Lipinski definition) is 4. The molecule has 0 aliphatic rings. The molecule has 0 spiro atoms. The molecule has 0 saturated heterocycles. The molecule has 7 heteroatoms. The summed E-state index contributed by atoms with van der Waals surface area (Å²) in [6, 6.07) is 1.80. The number of H-pyrrole nitrogens is 1.